The minimum absolute atomic E-state index is 0.0342. The summed E-state index contributed by atoms with van der Waals surface area (Å²) in [4.78, 5) is 33.8. The van der Waals surface area contributed by atoms with E-state index in [2.05, 4.69) is 15.1 Å². The number of methoxy groups -OCH3 is 1. The molecule has 2 heterocycles. The van der Waals surface area contributed by atoms with Crippen molar-refractivity contribution in [3.63, 3.8) is 0 Å². The van der Waals surface area contributed by atoms with Crippen LogP contribution in [-0.4, -0.2) is 40.1 Å². The Bertz CT molecular complexity index is 1320. The van der Waals surface area contributed by atoms with Gasteiger partial charge in [-0.05, 0) is 54.6 Å². The van der Waals surface area contributed by atoms with Crippen LogP contribution >= 0.6 is 0 Å². The average Bonchev–Trinajstić information content (AvgIpc) is 3.28. The number of carbonyl (C=O) groups excluding carboxylic acids is 1. The van der Waals surface area contributed by atoms with Crippen LogP contribution in [0.5, 0.6) is 5.75 Å². The Labute approximate surface area is 191 Å². The van der Waals surface area contributed by atoms with Crippen LogP contribution in [-0.2, 0) is 17.8 Å². The number of amides is 1. The molecule has 0 atom stereocenters. The number of H-pyrrole nitrogens is 1. The van der Waals surface area contributed by atoms with Gasteiger partial charge in [0.15, 0.2) is 0 Å². The molecule has 2 aromatic carbocycles. The summed E-state index contributed by atoms with van der Waals surface area (Å²) < 4.78 is 10.5. The van der Waals surface area contributed by atoms with Crippen LogP contribution in [0.3, 0.4) is 0 Å². The molecule has 0 fully saturated rings. The van der Waals surface area contributed by atoms with E-state index in [1.54, 1.807) is 25.1 Å². The van der Waals surface area contributed by atoms with Crippen molar-refractivity contribution in [3.05, 3.63) is 75.9 Å². The zero-order valence-corrected chi connectivity index (χ0v) is 18.9. The molecule has 0 aliphatic rings. The Balaban J connectivity index is 1.34. The first-order valence-electron chi connectivity index (χ1n) is 10.8. The number of aromatic nitrogens is 3. The van der Waals surface area contributed by atoms with Crippen molar-refractivity contribution >= 4 is 16.8 Å². The number of benzene rings is 2. The summed E-state index contributed by atoms with van der Waals surface area (Å²) >= 11 is 0. The molecule has 170 valence electrons. The Kier molecular flexibility index (Phi) is 6.53. The lowest BCUT2D eigenvalue weighted by molar-refractivity contribution is -0.130. The molecule has 0 unspecified atom stereocenters. The van der Waals surface area contributed by atoms with Gasteiger partial charge >= 0.3 is 0 Å². The third kappa shape index (κ3) is 5.28. The molecular formula is C25H26N4O4. The fraction of sp³-hybridized carbons (Fsp3) is 0.280. The third-order valence-corrected chi connectivity index (χ3v) is 5.49. The summed E-state index contributed by atoms with van der Waals surface area (Å²) in [5, 5.41) is 4.87. The van der Waals surface area contributed by atoms with E-state index in [-0.39, 0.29) is 17.3 Å². The maximum absolute atomic E-state index is 12.5. The number of rotatable bonds is 8. The molecule has 0 radical (unpaired) electrons. The number of ether oxygens (including phenoxy) is 1. The molecule has 0 aliphatic carbocycles. The summed E-state index contributed by atoms with van der Waals surface area (Å²) in [7, 11) is 3.41. The average molecular weight is 447 g/mol. The van der Waals surface area contributed by atoms with Crippen LogP contribution in [0.25, 0.3) is 22.3 Å². The van der Waals surface area contributed by atoms with Crippen molar-refractivity contribution in [1.82, 2.24) is 20.0 Å². The van der Waals surface area contributed by atoms with Gasteiger partial charge in [-0.25, -0.2) is 0 Å². The van der Waals surface area contributed by atoms with Gasteiger partial charge in [0.1, 0.15) is 5.75 Å². The first-order valence-corrected chi connectivity index (χ1v) is 10.8. The third-order valence-electron chi connectivity index (χ3n) is 5.49. The van der Waals surface area contributed by atoms with Gasteiger partial charge in [0.25, 0.3) is 5.56 Å². The Morgan fingerprint density at radius 2 is 1.94 bits per heavy atom. The molecule has 1 N–H and O–H groups in total. The molecule has 0 bridgehead atoms. The second-order valence-corrected chi connectivity index (χ2v) is 8.07. The van der Waals surface area contributed by atoms with E-state index >= 15 is 0 Å². The summed E-state index contributed by atoms with van der Waals surface area (Å²) in [5.41, 5.74) is 2.97. The molecule has 4 rings (SSSR count). The van der Waals surface area contributed by atoms with Crippen molar-refractivity contribution in [1.29, 1.82) is 0 Å². The smallest absolute Gasteiger partial charge is 0.259 e. The van der Waals surface area contributed by atoms with Gasteiger partial charge < -0.3 is 19.1 Å². The quantitative estimate of drug-likeness (QED) is 0.441. The molecule has 8 nitrogen and oxygen atoms in total. The summed E-state index contributed by atoms with van der Waals surface area (Å²) in [6, 6.07) is 15.2. The SMILES string of the molecule is COc1ccc(CN(C)C(=O)CCCc2nc(-c3cc4cc(C)ccc4[nH]c3=O)no2)cc1. The van der Waals surface area contributed by atoms with Crippen LogP contribution in [0.2, 0.25) is 0 Å². The Morgan fingerprint density at radius 1 is 1.15 bits per heavy atom. The van der Waals surface area contributed by atoms with Crippen LogP contribution in [0.4, 0.5) is 0 Å². The van der Waals surface area contributed by atoms with Crippen LogP contribution in [0.1, 0.15) is 29.9 Å². The molecule has 2 aromatic heterocycles. The van der Waals surface area contributed by atoms with Gasteiger partial charge in [0.05, 0.1) is 12.7 Å². The maximum atomic E-state index is 12.5. The van der Waals surface area contributed by atoms with Gasteiger partial charge in [0, 0.05) is 32.0 Å². The lowest BCUT2D eigenvalue weighted by atomic mass is 10.1. The van der Waals surface area contributed by atoms with E-state index in [0.29, 0.717) is 37.3 Å². The zero-order chi connectivity index (χ0) is 23.4. The van der Waals surface area contributed by atoms with Crippen LogP contribution in [0.15, 0.2) is 57.8 Å². The molecule has 0 saturated carbocycles. The van der Waals surface area contributed by atoms with Crippen LogP contribution < -0.4 is 10.3 Å². The highest BCUT2D eigenvalue weighted by Crippen LogP contribution is 2.19. The highest BCUT2D eigenvalue weighted by Gasteiger charge is 2.15. The normalized spacial score (nSPS) is 11.0. The molecule has 1 amide bonds. The number of hydrogen-bond acceptors (Lipinski definition) is 6. The number of nitrogens with zero attached hydrogens (tertiary/aromatic N) is 3. The number of hydrogen-bond donors (Lipinski definition) is 1. The van der Waals surface area contributed by atoms with E-state index in [1.165, 1.54) is 0 Å². The fourth-order valence-corrected chi connectivity index (χ4v) is 3.63. The standard InChI is InChI=1S/C25H26N4O4/c1-16-7-12-21-18(13-16)14-20(25(31)26-21)24-27-22(33-28-24)5-4-6-23(30)29(2)15-17-8-10-19(32-3)11-9-17/h7-14H,4-6,15H2,1-3H3,(H,26,31). The highest BCUT2D eigenvalue weighted by atomic mass is 16.5. The van der Waals surface area contributed by atoms with Gasteiger partial charge in [0.2, 0.25) is 17.6 Å². The molecule has 8 heteroatoms. The number of nitrogens with one attached hydrogen (secondary N) is 1. The van der Waals surface area contributed by atoms with E-state index in [0.717, 1.165) is 27.8 Å². The predicted molar refractivity (Wildman–Crippen MR) is 125 cm³/mol. The largest absolute Gasteiger partial charge is 0.497 e. The second kappa shape index (κ2) is 9.68. The first-order chi connectivity index (χ1) is 15.9. The van der Waals surface area contributed by atoms with Crippen molar-refractivity contribution in [2.24, 2.45) is 0 Å². The second-order valence-electron chi connectivity index (χ2n) is 8.07. The van der Waals surface area contributed by atoms with E-state index in [1.807, 2.05) is 49.4 Å². The lowest BCUT2D eigenvalue weighted by Gasteiger charge is -2.17. The van der Waals surface area contributed by atoms with E-state index in [9.17, 15) is 9.59 Å². The van der Waals surface area contributed by atoms with Crippen molar-refractivity contribution in [3.8, 4) is 17.1 Å². The minimum Gasteiger partial charge on any atom is -0.497 e. The molecule has 0 saturated heterocycles. The number of fused-ring (bicyclic) bond motifs is 1. The number of aryl methyl sites for hydroxylation is 2. The van der Waals surface area contributed by atoms with Gasteiger partial charge in [-0.2, -0.15) is 4.98 Å². The van der Waals surface area contributed by atoms with Gasteiger partial charge in [-0.3, -0.25) is 9.59 Å². The van der Waals surface area contributed by atoms with Gasteiger partial charge in [-0.15, -0.1) is 0 Å². The number of carbonyl (C=O) groups is 1. The van der Waals surface area contributed by atoms with E-state index < -0.39 is 0 Å². The monoisotopic (exact) mass is 446 g/mol. The molecular weight excluding hydrogens is 420 g/mol. The zero-order valence-electron chi connectivity index (χ0n) is 18.9. The lowest BCUT2D eigenvalue weighted by Crippen LogP contribution is -2.25. The topological polar surface area (TPSA) is 101 Å². The fourth-order valence-electron chi connectivity index (χ4n) is 3.63. The summed E-state index contributed by atoms with van der Waals surface area (Å²) in [6.07, 6.45) is 1.39. The highest BCUT2D eigenvalue weighted by molar-refractivity contribution is 5.82. The van der Waals surface area contributed by atoms with Gasteiger partial charge in [-0.1, -0.05) is 28.9 Å². The van der Waals surface area contributed by atoms with Crippen LogP contribution in [0, 0.1) is 6.92 Å². The molecule has 33 heavy (non-hydrogen) atoms. The predicted octanol–water partition coefficient (Wildman–Crippen LogP) is 3.88. The Morgan fingerprint density at radius 3 is 2.70 bits per heavy atom. The number of aromatic amines is 1. The van der Waals surface area contributed by atoms with E-state index in [4.69, 9.17) is 9.26 Å². The Hall–Kier alpha value is -3.94. The summed E-state index contributed by atoms with van der Waals surface area (Å²) in [6.45, 7) is 2.52. The maximum Gasteiger partial charge on any atom is 0.259 e. The summed E-state index contributed by atoms with van der Waals surface area (Å²) in [5.74, 6) is 1.47. The molecule has 4 aromatic rings. The van der Waals surface area contributed by atoms with Crippen molar-refractivity contribution < 1.29 is 14.1 Å². The first kappa shape index (κ1) is 22.3. The minimum atomic E-state index is -0.269. The van der Waals surface area contributed by atoms with Crippen molar-refractivity contribution in [2.75, 3.05) is 14.2 Å². The van der Waals surface area contributed by atoms with Crippen molar-refractivity contribution in [2.45, 2.75) is 32.7 Å². The number of pyridine rings is 1. The molecule has 0 aliphatic heterocycles. The molecule has 0 spiro atoms.